The molecule has 2 atom stereocenters. The molecule has 2 aromatic heterocycles. The fourth-order valence-electron chi connectivity index (χ4n) is 4.76. The molecule has 1 saturated carbocycles. The molecule has 0 radical (unpaired) electrons. The second-order valence-corrected chi connectivity index (χ2v) is 10.4. The van der Waals surface area contributed by atoms with Crippen molar-refractivity contribution >= 4 is 45.0 Å². The van der Waals surface area contributed by atoms with Gasteiger partial charge < -0.3 is 4.74 Å². The number of likely N-dealkylation sites (tertiary alicyclic amines) is 1. The quantitative estimate of drug-likeness (QED) is 0.422. The van der Waals surface area contributed by atoms with E-state index in [0.717, 1.165) is 44.0 Å². The molecule has 166 valence electrons. The number of aromatic nitrogens is 1. The summed E-state index contributed by atoms with van der Waals surface area (Å²) in [7, 11) is 0. The number of aryl methyl sites for hydroxylation is 1. The first-order valence-electron chi connectivity index (χ1n) is 11.1. The third kappa shape index (κ3) is 3.90. The van der Waals surface area contributed by atoms with E-state index in [1.165, 1.54) is 17.7 Å². The maximum absolute atomic E-state index is 12.1. The fraction of sp³-hybridized carbons (Fsp3) is 0.400. The number of imide groups is 1. The van der Waals surface area contributed by atoms with Crippen LogP contribution in [0.5, 0.6) is 5.75 Å². The molecule has 3 aromatic rings. The maximum atomic E-state index is 12.1. The number of rotatable bonds is 5. The maximum Gasteiger partial charge on any atom is 0.230 e. The smallest absolute Gasteiger partial charge is 0.230 e. The Balaban J connectivity index is 1.56. The molecule has 7 heteroatoms. The SMILES string of the molecule is Cc1cc(Cl)cc(-c2ccnc3cc(CN4C(=O)CCC4=O)sc23)c1OC1CCCC1C. The van der Waals surface area contributed by atoms with E-state index in [9.17, 15) is 9.59 Å². The minimum atomic E-state index is -0.104. The molecule has 1 saturated heterocycles. The van der Waals surface area contributed by atoms with Crippen LogP contribution in [0, 0.1) is 12.8 Å². The number of fused-ring (bicyclic) bond motifs is 1. The molecule has 5 rings (SSSR count). The summed E-state index contributed by atoms with van der Waals surface area (Å²) < 4.78 is 7.59. The second-order valence-electron chi connectivity index (χ2n) is 8.82. The standard InChI is InChI=1S/C25H25ClN2O3S/c1-14-4-3-5-21(14)31-24-15(2)10-16(26)11-19(24)18-8-9-27-20-12-17(32-25(18)20)13-28-22(29)6-7-23(28)30/h8-12,14,21H,3-7,13H2,1-2H3. The molecule has 5 nitrogen and oxygen atoms in total. The van der Waals surface area contributed by atoms with E-state index in [-0.39, 0.29) is 17.9 Å². The van der Waals surface area contributed by atoms with Crippen molar-refractivity contribution in [1.29, 1.82) is 0 Å². The lowest BCUT2D eigenvalue weighted by atomic mass is 10.0. The van der Waals surface area contributed by atoms with Crippen molar-refractivity contribution in [2.45, 2.75) is 58.6 Å². The molecule has 0 N–H and O–H groups in total. The highest BCUT2D eigenvalue weighted by atomic mass is 35.5. The van der Waals surface area contributed by atoms with Crippen molar-refractivity contribution in [3.8, 4) is 16.9 Å². The summed E-state index contributed by atoms with van der Waals surface area (Å²) in [6, 6.07) is 7.87. The molecular weight excluding hydrogens is 444 g/mol. The van der Waals surface area contributed by atoms with Gasteiger partial charge in [0.1, 0.15) is 11.9 Å². The number of amides is 2. The average Bonchev–Trinajstić information content (AvgIpc) is 3.44. The lowest BCUT2D eigenvalue weighted by molar-refractivity contribution is -0.138. The van der Waals surface area contributed by atoms with Crippen LogP contribution in [-0.2, 0) is 16.1 Å². The largest absolute Gasteiger partial charge is 0.489 e. The van der Waals surface area contributed by atoms with Crippen molar-refractivity contribution in [3.63, 3.8) is 0 Å². The minimum Gasteiger partial charge on any atom is -0.489 e. The number of thiophene rings is 1. The van der Waals surface area contributed by atoms with E-state index in [1.54, 1.807) is 17.5 Å². The normalized spacial score (nSPS) is 21.2. The molecule has 0 bridgehead atoms. The molecule has 2 unspecified atom stereocenters. The van der Waals surface area contributed by atoms with Crippen molar-refractivity contribution < 1.29 is 14.3 Å². The van der Waals surface area contributed by atoms with E-state index < -0.39 is 0 Å². The Bertz CT molecular complexity index is 1210. The third-order valence-electron chi connectivity index (χ3n) is 6.51. The van der Waals surface area contributed by atoms with Gasteiger partial charge in [-0.2, -0.15) is 0 Å². The topological polar surface area (TPSA) is 59.5 Å². The zero-order valence-electron chi connectivity index (χ0n) is 18.2. The van der Waals surface area contributed by atoms with Crippen LogP contribution in [0.2, 0.25) is 5.02 Å². The third-order valence-corrected chi connectivity index (χ3v) is 7.87. The van der Waals surface area contributed by atoms with Crippen LogP contribution in [0.1, 0.15) is 49.5 Å². The molecule has 1 aliphatic heterocycles. The summed E-state index contributed by atoms with van der Waals surface area (Å²) in [5.41, 5.74) is 3.83. The lowest BCUT2D eigenvalue weighted by Gasteiger charge is -2.22. The van der Waals surface area contributed by atoms with E-state index >= 15 is 0 Å². The molecule has 2 amide bonds. The molecule has 0 spiro atoms. The summed E-state index contributed by atoms with van der Waals surface area (Å²) in [5.74, 6) is 1.19. The van der Waals surface area contributed by atoms with Crippen molar-refractivity contribution in [2.24, 2.45) is 5.92 Å². The summed E-state index contributed by atoms with van der Waals surface area (Å²) in [6.45, 7) is 4.59. The highest BCUT2D eigenvalue weighted by Gasteiger charge is 2.30. The number of benzene rings is 1. The van der Waals surface area contributed by atoms with Gasteiger partial charge in [0.2, 0.25) is 11.8 Å². The van der Waals surface area contributed by atoms with Gasteiger partial charge in [0.15, 0.2) is 0 Å². The van der Waals surface area contributed by atoms with Crippen LogP contribution in [0.3, 0.4) is 0 Å². The zero-order valence-corrected chi connectivity index (χ0v) is 19.8. The van der Waals surface area contributed by atoms with Crippen LogP contribution >= 0.6 is 22.9 Å². The fourth-order valence-corrected chi connectivity index (χ4v) is 6.16. The van der Waals surface area contributed by atoms with Crippen molar-refractivity contribution in [2.75, 3.05) is 0 Å². The van der Waals surface area contributed by atoms with E-state index in [2.05, 4.69) is 11.9 Å². The van der Waals surface area contributed by atoms with E-state index in [0.29, 0.717) is 30.3 Å². The molecule has 1 aliphatic carbocycles. The summed E-state index contributed by atoms with van der Waals surface area (Å²) in [4.78, 5) is 31.0. The zero-order chi connectivity index (χ0) is 22.4. The summed E-state index contributed by atoms with van der Waals surface area (Å²) >= 11 is 8.04. The van der Waals surface area contributed by atoms with Gasteiger partial charge in [-0.05, 0) is 61.9 Å². The van der Waals surface area contributed by atoms with Gasteiger partial charge in [0.25, 0.3) is 0 Å². The van der Waals surface area contributed by atoms with Gasteiger partial charge in [-0.1, -0.05) is 18.5 Å². The Morgan fingerprint density at radius 1 is 1.16 bits per heavy atom. The van der Waals surface area contributed by atoms with Crippen molar-refractivity contribution in [3.05, 3.63) is 45.9 Å². The number of carbonyl (C=O) groups excluding carboxylic acids is 2. The van der Waals surface area contributed by atoms with Gasteiger partial charge in [-0.3, -0.25) is 19.5 Å². The Morgan fingerprint density at radius 2 is 1.94 bits per heavy atom. The van der Waals surface area contributed by atoms with Crippen molar-refractivity contribution in [1.82, 2.24) is 9.88 Å². The molecule has 2 aliphatic rings. The van der Waals surface area contributed by atoms with Crippen LogP contribution < -0.4 is 4.74 Å². The number of ether oxygens (including phenoxy) is 1. The highest BCUT2D eigenvalue weighted by molar-refractivity contribution is 7.19. The highest BCUT2D eigenvalue weighted by Crippen LogP contribution is 2.43. The number of carbonyl (C=O) groups is 2. The molecule has 2 fully saturated rings. The average molecular weight is 469 g/mol. The predicted octanol–water partition coefficient (Wildman–Crippen LogP) is 6.14. The Morgan fingerprint density at radius 3 is 2.66 bits per heavy atom. The summed E-state index contributed by atoms with van der Waals surface area (Å²) in [6.07, 6.45) is 6.04. The second kappa shape index (κ2) is 8.49. The van der Waals surface area contributed by atoms with Crippen LogP contribution in [0.15, 0.2) is 30.5 Å². The first-order chi connectivity index (χ1) is 15.4. The predicted molar refractivity (Wildman–Crippen MR) is 127 cm³/mol. The molecule has 32 heavy (non-hydrogen) atoms. The number of hydrogen-bond acceptors (Lipinski definition) is 5. The Kier molecular flexibility index (Phi) is 5.68. The van der Waals surface area contributed by atoms with Crippen LogP contribution in [0.25, 0.3) is 21.3 Å². The first-order valence-corrected chi connectivity index (χ1v) is 12.3. The van der Waals surface area contributed by atoms with Gasteiger partial charge in [0, 0.05) is 40.1 Å². The summed E-state index contributed by atoms with van der Waals surface area (Å²) in [5, 5.41) is 0.666. The molecular formula is C25H25ClN2O3S. The number of halogens is 1. The van der Waals surface area contributed by atoms with Gasteiger partial charge in [0.05, 0.1) is 16.8 Å². The Hall–Kier alpha value is -2.44. The number of nitrogens with zero attached hydrogens (tertiary/aromatic N) is 2. The monoisotopic (exact) mass is 468 g/mol. The Labute approximate surface area is 196 Å². The van der Waals surface area contributed by atoms with Crippen LogP contribution in [-0.4, -0.2) is 27.8 Å². The molecule has 3 heterocycles. The van der Waals surface area contributed by atoms with E-state index in [4.69, 9.17) is 16.3 Å². The number of pyridine rings is 1. The minimum absolute atomic E-state index is 0.104. The molecule has 1 aromatic carbocycles. The van der Waals surface area contributed by atoms with Crippen LogP contribution in [0.4, 0.5) is 0 Å². The first kappa shape index (κ1) is 21.4. The van der Waals surface area contributed by atoms with E-state index in [1.807, 2.05) is 31.2 Å². The van der Waals surface area contributed by atoms with Gasteiger partial charge >= 0.3 is 0 Å². The number of hydrogen-bond donors (Lipinski definition) is 0. The van der Waals surface area contributed by atoms with Gasteiger partial charge in [-0.15, -0.1) is 11.3 Å². The van der Waals surface area contributed by atoms with Gasteiger partial charge in [-0.25, -0.2) is 0 Å². The lowest BCUT2D eigenvalue weighted by Crippen LogP contribution is -2.27.